The number of nitrogens with zero attached hydrogens (tertiary/aromatic N) is 1. The highest BCUT2D eigenvalue weighted by Gasteiger charge is 1.91. The minimum Gasteiger partial charge on any atom is -0.264 e. The monoisotopic (exact) mass is 161 g/mol. The molecule has 0 saturated heterocycles. The van der Waals surface area contributed by atoms with E-state index in [9.17, 15) is 0 Å². The normalized spacial score (nSPS) is 9.42. The summed E-state index contributed by atoms with van der Waals surface area (Å²) in [6, 6.07) is 0. The standard InChI is InChI=1S/C11H15N/c1-5-8-9-11(12-4)10(6-2)7-3/h6-9H,2-5H2,1H3/b9-8-. The highest BCUT2D eigenvalue weighted by molar-refractivity contribution is 5.43. The largest absolute Gasteiger partial charge is 0.264 e. The van der Waals surface area contributed by atoms with Gasteiger partial charge in [0.25, 0.3) is 0 Å². The van der Waals surface area contributed by atoms with Gasteiger partial charge in [-0.2, -0.15) is 0 Å². The van der Waals surface area contributed by atoms with Crippen LogP contribution in [0, 0.1) is 0 Å². The van der Waals surface area contributed by atoms with Crippen LogP contribution >= 0.6 is 0 Å². The van der Waals surface area contributed by atoms with Gasteiger partial charge in [-0.25, -0.2) is 0 Å². The van der Waals surface area contributed by atoms with Crippen molar-refractivity contribution in [2.75, 3.05) is 0 Å². The average Bonchev–Trinajstić information content (AvgIpc) is 2.12. The van der Waals surface area contributed by atoms with E-state index in [1.54, 1.807) is 12.2 Å². The molecule has 0 unspecified atom stereocenters. The smallest absolute Gasteiger partial charge is 0.0691 e. The minimum atomic E-state index is 0.821. The molecule has 0 aromatic rings. The van der Waals surface area contributed by atoms with Crippen molar-refractivity contribution < 1.29 is 0 Å². The van der Waals surface area contributed by atoms with Crippen LogP contribution in [0.15, 0.2) is 53.7 Å². The molecule has 0 bridgehead atoms. The summed E-state index contributed by atoms with van der Waals surface area (Å²) >= 11 is 0. The van der Waals surface area contributed by atoms with E-state index in [0.717, 1.165) is 17.7 Å². The number of hydrogen-bond acceptors (Lipinski definition) is 1. The molecule has 0 amide bonds. The molecule has 0 heterocycles. The molecule has 0 saturated carbocycles. The molecule has 0 radical (unpaired) electrons. The lowest BCUT2D eigenvalue weighted by atomic mass is 10.2. The van der Waals surface area contributed by atoms with E-state index >= 15 is 0 Å². The van der Waals surface area contributed by atoms with Crippen molar-refractivity contribution in [2.24, 2.45) is 4.99 Å². The maximum Gasteiger partial charge on any atom is 0.0691 e. The molecule has 0 spiro atoms. The van der Waals surface area contributed by atoms with Gasteiger partial charge in [-0.3, -0.25) is 4.99 Å². The molecular weight excluding hydrogens is 146 g/mol. The molecule has 0 aliphatic rings. The summed E-state index contributed by atoms with van der Waals surface area (Å²) < 4.78 is 0. The number of aliphatic imine (C=N–C) groups is 1. The Morgan fingerprint density at radius 1 is 1.33 bits per heavy atom. The van der Waals surface area contributed by atoms with E-state index in [-0.39, 0.29) is 0 Å². The summed E-state index contributed by atoms with van der Waals surface area (Å²) in [5.74, 6) is 0. The second-order valence-corrected chi connectivity index (χ2v) is 2.22. The molecule has 0 fully saturated rings. The fraction of sp³-hybridized carbons (Fsp3) is 0.182. The van der Waals surface area contributed by atoms with Gasteiger partial charge in [-0.05, 0) is 24.8 Å². The van der Waals surface area contributed by atoms with Crippen molar-refractivity contribution in [3.63, 3.8) is 0 Å². The first-order chi connectivity index (χ1) is 5.79. The zero-order valence-electron chi connectivity index (χ0n) is 7.59. The Kier molecular flexibility index (Phi) is 5.62. The predicted octanol–water partition coefficient (Wildman–Crippen LogP) is 3.28. The van der Waals surface area contributed by atoms with Crippen molar-refractivity contribution >= 4 is 6.72 Å². The van der Waals surface area contributed by atoms with Crippen molar-refractivity contribution in [3.05, 3.63) is 48.7 Å². The van der Waals surface area contributed by atoms with Gasteiger partial charge in [0.15, 0.2) is 0 Å². The molecule has 0 atom stereocenters. The minimum absolute atomic E-state index is 0.821. The average molecular weight is 161 g/mol. The van der Waals surface area contributed by atoms with E-state index in [1.165, 1.54) is 0 Å². The maximum atomic E-state index is 3.87. The molecule has 12 heavy (non-hydrogen) atoms. The van der Waals surface area contributed by atoms with Crippen LogP contribution in [-0.2, 0) is 0 Å². The number of hydrogen-bond donors (Lipinski definition) is 0. The first-order valence-corrected chi connectivity index (χ1v) is 3.92. The molecule has 64 valence electrons. The van der Waals surface area contributed by atoms with E-state index in [0.29, 0.717) is 0 Å². The Hall–Kier alpha value is -1.37. The topological polar surface area (TPSA) is 12.4 Å². The third kappa shape index (κ3) is 3.15. The Balaban J connectivity index is 4.81. The predicted molar refractivity (Wildman–Crippen MR) is 56.4 cm³/mol. The van der Waals surface area contributed by atoms with Crippen LogP contribution in [0.3, 0.4) is 0 Å². The molecule has 0 aliphatic heterocycles. The van der Waals surface area contributed by atoms with E-state index in [2.05, 4.69) is 31.8 Å². The lowest BCUT2D eigenvalue weighted by Gasteiger charge is -1.96. The van der Waals surface area contributed by atoms with Crippen molar-refractivity contribution in [1.29, 1.82) is 0 Å². The zero-order chi connectivity index (χ0) is 9.40. The van der Waals surface area contributed by atoms with E-state index < -0.39 is 0 Å². The Labute approximate surface area is 74.5 Å². The summed E-state index contributed by atoms with van der Waals surface area (Å²) in [4.78, 5) is 3.87. The van der Waals surface area contributed by atoms with Crippen LogP contribution in [0.1, 0.15) is 13.3 Å². The lowest BCUT2D eigenvalue weighted by molar-refractivity contribution is 1.21. The first kappa shape index (κ1) is 10.6. The van der Waals surface area contributed by atoms with Crippen LogP contribution < -0.4 is 0 Å². The van der Waals surface area contributed by atoms with Crippen LogP contribution in [0.5, 0.6) is 0 Å². The Morgan fingerprint density at radius 3 is 2.25 bits per heavy atom. The summed E-state index contributed by atoms with van der Waals surface area (Å²) in [5.41, 5.74) is 1.73. The van der Waals surface area contributed by atoms with Gasteiger partial charge in [0.1, 0.15) is 0 Å². The lowest BCUT2D eigenvalue weighted by Crippen LogP contribution is -1.78. The molecular formula is C11H15N. The fourth-order valence-corrected chi connectivity index (χ4v) is 0.762. The second kappa shape index (κ2) is 6.35. The van der Waals surface area contributed by atoms with Crippen LogP contribution in [0.2, 0.25) is 0 Å². The molecule has 0 aromatic carbocycles. The van der Waals surface area contributed by atoms with E-state index in [1.807, 2.05) is 12.2 Å². The summed E-state index contributed by atoms with van der Waals surface area (Å²) in [7, 11) is 0. The zero-order valence-corrected chi connectivity index (χ0v) is 7.59. The molecule has 0 aliphatic carbocycles. The highest BCUT2D eigenvalue weighted by Crippen LogP contribution is 2.09. The summed E-state index contributed by atoms with van der Waals surface area (Å²) in [6.45, 7) is 12.9. The van der Waals surface area contributed by atoms with Crippen molar-refractivity contribution in [3.8, 4) is 0 Å². The van der Waals surface area contributed by atoms with Gasteiger partial charge in [0.2, 0.25) is 0 Å². The third-order valence-electron chi connectivity index (χ3n) is 1.42. The van der Waals surface area contributed by atoms with Crippen LogP contribution in [0.4, 0.5) is 0 Å². The SMILES string of the molecule is C=CC(C=C)=C(/C=C\CC)N=C. The van der Waals surface area contributed by atoms with Crippen molar-refractivity contribution in [2.45, 2.75) is 13.3 Å². The maximum absolute atomic E-state index is 3.87. The third-order valence-corrected chi connectivity index (χ3v) is 1.42. The summed E-state index contributed by atoms with van der Waals surface area (Å²) in [6.07, 6.45) is 8.37. The molecule has 0 aromatic heterocycles. The first-order valence-electron chi connectivity index (χ1n) is 3.92. The quantitative estimate of drug-likeness (QED) is 0.433. The number of allylic oxidation sites excluding steroid dienone is 5. The van der Waals surface area contributed by atoms with Crippen molar-refractivity contribution in [1.82, 2.24) is 0 Å². The van der Waals surface area contributed by atoms with Gasteiger partial charge < -0.3 is 0 Å². The van der Waals surface area contributed by atoms with Gasteiger partial charge in [-0.1, -0.05) is 38.3 Å². The Bertz CT molecular complexity index is 221. The van der Waals surface area contributed by atoms with Gasteiger partial charge in [0.05, 0.1) is 5.70 Å². The molecule has 1 nitrogen and oxygen atoms in total. The van der Waals surface area contributed by atoms with Gasteiger partial charge >= 0.3 is 0 Å². The molecule has 0 rings (SSSR count). The highest BCUT2D eigenvalue weighted by atomic mass is 14.7. The van der Waals surface area contributed by atoms with Crippen LogP contribution in [0.25, 0.3) is 0 Å². The molecule has 0 N–H and O–H groups in total. The fourth-order valence-electron chi connectivity index (χ4n) is 0.762. The van der Waals surface area contributed by atoms with Gasteiger partial charge in [0, 0.05) is 0 Å². The molecule has 1 heteroatoms. The van der Waals surface area contributed by atoms with E-state index in [4.69, 9.17) is 0 Å². The second-order valence-electron chi connectivity index (χ2n) is 2.22. The Morgan fingerprint density at radius 2 is 1.92 bits per heavy atom. The summed E-state index contributed by atoms with van der Waals surface area (Å²) in [5, 5.41) is 0. The van der Waals surface area contributed by atoms with Gasteiger partial charge in [-0.15, -0.1) is 0 Å². The van der Waals surface area contributed by atoms with Crippen LogP contribution in [-0.4, -0.2) is 6.72 Å². The number of rotatable bonds is 5.